The third-order valence-corrected chi connectivity index (χ3v) is 11.4. The van der Waals surface area contributed by atoms with E-state index in [1.54, 1.807) is 6.07 Å². The van der Waals surface area contributed by atoms with Gasteiger partial charge in [-0.2, -0.15) is 0 Å². The number of ether oxygens (including phenoxy) is 6. The number of aliphatic hydroxyl groups excluding tert-OH is 6. The first-order chi connectivity index (χ1) is 30.6. The Bertz CT molecular complexity index is 1630. The van der Waals surface area contributed by atoms with E-state index in [0.717, 1.165) is 36.3 Å². The summed E-state index contributed by atoms with van der Waals surface area (Å²) in [5, 5.41) is 79.6. The number of hydrazine groups is 1. The summed E-state index contributed by atoms with van der Waals surface area (Å²) in [6.07, 6.45) is -2.13. The van der Waals surface area contributed by atoms with Gasteiger partial charge in [-0.05, 0) is 35.3 Å². The van der Waals surface area contributed by atoms with Crippen LogP contribution in [0.3, 0.4) is 0 Å². The number of benzene rings is 1. The molecule has 1 fully saturated rings. The molecule has 374 valence electrons. The van der Waals surface area contributed by atoms with Crippen LogP contribution >= 0.6 is 0 Å². The van der Waals surface area contributed by atoms with Crippen LogP contribution in [0.2, 0.25) is 0 Å². The second kappa shape index (κ2) is 26.9. The molecular weight excluding hydrogens is 845 g/mol. The number of aliphatic hydroxyl groups is 6. The van der Waals surface area contributed by atoms with Crippen molar-refractivity contribution in [1.82, 2.24) is 10.3 Å². The zero-order chi connectivity index (χ0) is 48.5. The number of amides is 1. The molecule has 1 aromatic rings. The monoisotopic (exact) mass is 927 g/mol. The maximum Gasteiger partial charge on any atom is 0.255 e. The smallest absolute Gasteiger partial charge is 0.255 e. The highest BCUT2D eigenvalue weighted by Gasteiger charge is 2.48. The molecule has 1 saturated heterocycles. The van der Waals surface area contributed by atoms with Crippen LogP contribution in [0.4, 0.5) is 0 Å². The minimum Gasteiger partial charge on any atom is -0.507 e. The number of aromatic hydroxyl groups is 1. The molecule has 2 aliphatic rings. The first kappa shape index (κ1) is 56.1. The van der Waals surface area contributed by atoms with Crippen molar-refractivity contribution < 1.29 is 69.0 Å². The van der Waals surface area contributed by atoms with E-state index in [-0.39, 0.29) is 41.3 Å². The predicted molar refractivity (Wildman–Crippen MR) is 244 cm³/mol. The molecular formula is C47H82N4O14. The summed E-state index contributed by atoms with van der Waals surface area (Å²) in [7, 11) is 0. The fourth-order valence-corrected chi connectivity index (χ4v) is 7.27. The van der Waals surface area contributed by atoms with Gasteiger partial charge in [0.05, 0.1) is 37.6 Å². The van der Waals surface area contributed by atoms with E-state index < -0.39 is 78.9 Å². The highest BCUT2D eigenvalue weighted by atomic mass is 16.8. The van der Waals surface area contributed by atoms with Gasteiger partial charge in [0.1, 0.15) is 48.5 Å². The fraction of sp³-hybridized carbons (Fsp3) is 0.766. The van der Waals surface area contributed by atoms with Gasteiger partial charge >= 0.3 is 0 Å². The van der Waals surface area contributed by atoms with Gasteiger partial charge in [-0.15, -0.1) is 0 Å². The lowest BCUT2D eigenvalue weighted by Gasteiger charge is -2.43. The Morgan fingerprint density at radius 2 is 1.40 bits per heavy atom. The minimum atomic E-state index is -1.93. The van der Waals surface area contributed by atoms with Crippen molar-refractivity contribution in [3.8, 4) is 5.75 Å². The van der Waals surface area contributed by atoms with Gasteiger partial charge in [-0.25, -0.2) is 5.84 Å². The molecule has 0 aromatic heterocycles. The Morgan fingerprint density at radius 3 is 1.95 bits per heavy atom. The van der Waals surface area contributed by atoms with E-state index in [1.807, 2.05) is 47.6 Å². The summed E-state index contributed by atoms with van der Waals surface area (Å²) in [5.41, 5.74) is 6.97. The lowest BCUT2D eigenvalue weighted by molar-refractivity contribution is -0.347. The van der Waals surface area contributed by atoms with Crippen LogP contribution < -0.4 is 16.9 Å². The molecule has 0 radical (unpaired) electrons. The van der Waals surface area contributed by atoms with Crippen molar-refractivity contribution in [2.75, 3.05) is 46.1 Å². The molecule has 18 nitrogen and oxygen atoms in total. The number of nitrogens with two attached hydrogens (primary N) is 2. The largest absolute Gasteiger partial charge is 0.507 e. The van der Waals surface area contributed by atoms with E-state index >= 15 is 0 Å². The van der Waals surface area contributed by atoms with Gasteiger partial charge in [-0.1, -0.05) is 113 Å². The van der Waals surface area contributed by atoms with Crippen molar-refractivity contribution >= 4 is 5.91 Å². The Hall–Kier alpha value is -3.27. The van der Waals surface area contributed by atoms with E-state index in [1.165, 1.54) is 44.7 Å². The van der Waals surface area contributed by atoms with Gasteiger partial charge < -0.3 is 80.2 Å². The van der Waals surface area contributed by atoms with Crippen LogP contribution in [0.5, 0.6) is 5.75 Å². The molecule has 4 unspecified atom stereocenters. The molecule has 65 heavy (non-hydrogen) atoms. The van der Waals surface area contributed by atoms with E-state index in [9.17, 15) is 40.5 Å². The molecule has 3 rings (SSSR count). The van der Waals surface area contributed by atoms with E-state index in [0.29, 0.717) is 32.0 Å². The molecule has 0 bridgehead atoms. The van der Waals surface area contributed by atoms with Gasteiger partial charge in [0.2, 0.25) is 6.29 Å². The number of hydrogen-bond donors (Lipinski definition) is 10. The number of unbranched alkanes of at least 4 members (excludes halogenated alkanes) is 8. The number of carbonyl (C=O) groups is 1. The average Bonchev–Trinajstić information content (AvgIpc) is 3.24. The van der Waals surface area contributed by atoms with Crippen LogP contribution in [-0.2, 0) is 39.3 Å². The number of hydrogen-bond acceptors (Lipinski definition) is 17. The molecule has 8 atom stereocenters. The first-order valence-corrected chi connectivity index (χ1v) is 23.3. The summed E-state index contributed by atoms with van der Waals surface area (Å²) in [4.78, 5) is 13.5. The number of phenolic OH excluding ortho intramolecular Hbond substituents is 1. The second-order valence-corrected chi connectivity index (χ2v) is 19.3. The van der Waals surface area contributed by atoms with Crippen LogP contribution in [-0.4, -0.2) is 148 Å². The molecule has 0 spiro atoms. The van der Waals surface area contributed by atoms with Crippen LogP contribution in [0.25, 0.3) is 0 Å². The highest BCUT2D eigenvalue weighted by molar-refractivity contribution is 5.97. The molecule has 2 heterocycles. The molecule has 0 saturated carbocycles. The number of nitrogens with one attached hydrogen (secondary N) is 1. The van der Waals surface area contributed by atoms with Gasteiger partial charge in [-0.3, -0.25) is 4.79 Å². The first-order valence-electron chi connectivity index (χ1n) is 23.3. The maximum atomic E-state index is 13.5. The highest BCUT2D eigenvalue weighted by Crippen LogP contribution is 2.38. The minimum absolute atomic E-state index is 0.00283. The standard InChI is InChI=1S/C47H82N4O14/c1-9-11-13-15-17-19-60-27-31(28-61-20-18-16-14-12-10-2)62-26-30(48)24-51(49)25-35-38(54)40(56)42(58)45(64-35)65-44-41(57)39(55)37(53)34(63-44)23-50-43(59)32-21-29(46(3,4)5)22-33(36(32)52)47(6,7)8/h21-22,24,31,34,37,39-42,44-45,52-58H,9-20,23,25-28,48-49H2,1-8H3,(H,50,59)/b30-24-/t34?,37-,39?,40-,41?,42?,44+,45-/m1/s1. The Labute approximate surface area is 385 Å². The second-order valence-electron chi connectivity index (χ2n) is 19.3. The summed E-state index contributed by atoms with van der Waals surface area (Å²) < 4.78 is 35.0. The SMILES string of the molecule is CCCCCCCOCC(COCCCCCCC)OC/C(N)=C/N(N)CC1=C(O)[C@@H](O)C(O)[C@@H](O[C@@H]2OC(CNC(=O)c3cc(C(C)(C)C)cc(C(C)(C)C)c3O)[C@@H](O)C(O)C2O)O1. The molecule has 1 amide bonds. The number of nitrogens with zero attached hydrogens (tertiary/aromatic N) is 1. The number of phenols is 1. The third-order valence-electron chi connectivity index (χ3n) is 11.4. The van der Waals surface area contributed by atoms with Crippen LogP contribution in [0.1, 0.15) is 141 Å². The van der Waals surface area contributed by atoms with Crippen molar-refractivity contribution in [3.05, 3.63) is 52.2 Å². The van der Waals surface area contributed by atoms with Crippen LogP contribution in [0.15, 0.2) is 35.5 Å². The zero-order valence-corrected chi connectivity index (χ0v) is 40.0. The number of carbonyl (C=O) groups excluding carboxylic acids is 1. The normalized spacial score (nSPS) is 24.4. The maximum absolute atomic E-state index is 13.5. The van der Waals surface area contributed by atoms with Gasteiger partial charge in [0.25, 0.3) is 5.91 Å². The molecule has 18 heteroatoms. The lowest BCUT2D eigenvalue weighted by atomic mass is 9.79. The molecule has 2 aliphatic heterocycles. The quantitative estimate of drug-likeness (QED) is 0.0342. The van der Waals surface area contributed by atoms with Crippen molar-refractivity contribution in [2.45, 2.75) is 186 Å². The molecule has 0 aliphatic carbocycles. The summed E-state index contributed by atoms with van der Waals surface area (Å²) in [6, 6.07) is 3.46. The topological polar surface area (TPSA) is 281 Å². The summed E-state index contributed by atoms with van der Waals surface area (Å²) in [6.45, 7) is 17.0. The fourth-order valence-electron chi connectivity index (χ4n) is 7.27. The number of rotatable bonds is 27. The Balaban J connectivity index is 1.64. The summed E-state index contributed by atoms with van der Waals surface area (Å²) >= 11 is 0. The van der Waals surface area contributed by atoms with Crippen molar-refractivity contribution in [2.24, 2.45) is 11.6 Å². The average molecular weight is 927 g/mol. The van der Waals surface area contributed by atoms with E-state index in [4.69, 9.17) is 40.0 Å². The van der Waals surface area contributed by atoms with Crippen molar-refractivity contribution in [3.63, 3.8) is 0 Å². The van der Waals surface area contributed by atoms with E-state index in [2.05, 4.69) is 19.2 Å². The van der Waals surface area contributed by atoms with Crippen LogP contribution in [0, 0.1) is 0 Å². The van der Waals surface area contributed by atoms with Gasteiger partial charge in [0.15, 0.2) is 17.8 Å². The zero-order valence-electron chi connectivity index (χ0n) is 40.0. The van der Waals surface area contributed by atoms with Crippen molar-refractivity contribution in [1.29, 1.82) is 0 Å². The Morgan fingerprint density at radius 1 is 0.815 bits per heavy atom. The third kappa shape index (κ3) is 17.7. The van der Waals surface area contributed by atoms with Gasteiger partial charge in [0, 0.05) is 31.5 Å². The Kier molecular flexibility index (Phi) is 23.2. The predicted octanol–water partition coefficient (Wildman–Crippen LogP) is 3.72. The molecule has 12 N–H and O–H groups in total. The molecule has 1 aromatic carbocycles. The lowest BCUT2D eigenvalue weighted by Crippen LogP contribution is -2.62. The summed E-state index contributed by atoms with van der Waals surface area (Å²) in [5.74, 6) is 4.25.